The zero-order valence-corrected chi connectivity index (χ0v) is 14.6. The van der Waals surface area contributed by atoms with Gasteiger partial charge in [-0.2, -0.15) is 0 Å². The van der Waals surface area contributed by atoms with Crippen molar-refractivity contribution in [3.63, 3.8) is 0 Å². The summed E-state index contributed by atoms with van der Waals surface area (Å²) in [7, 11) is -3.56. The van der Waals surface area contributed by atoms with Gasteiger partial charge in [-0.15, -0.1) is 0 Å². The van der Waals surface area contributed by atoms with Gasteiger partial charge in [-0.05, 0) is 62.4 Å². The Morgan fingerprint density at radius 2 is 1.41 bits per heavy atom. The summed E-state index contributed by atoms with van der Waals surface area (Å²) in [5.74, 6) is 0. The first-order chi connectivity index (χ1) is 10.2. The van der Waals surface area contributed by atoms with Crippen molar-refractivity contribution in [2.75, 3.05) is 0 Å². The summed E-state index contributed by atoms with van der Waals surface area (Å²) in [6, 6.07) is 11.3. The quantitative estimate of drug-likeness (QED) is 0.928. The Balaban J connectivity index is 2.44. The number of benzene rings is 2. The third-order valence-electron chi connectivity index (χ3n) is 4.20. The fourth-order valence-corrected chi connectivity index (χ4v) is 4.53. The maximum Gasteiger partial charge on any atom is 0.241 e. The van der Waals surface area contributed by atoms with E-state index >= 15 is 0 Å². The Morgan fingerprint density at radius 1 is 0.909 bits per heavy atom. The van der Waals surface area contributed by atoms with Crippen molar-refractivity contribution >= 4 is 10.0 Å². The SMILES string of the molecule is Cc1cc(C)c(C)c(S(=O)(=O)N[C@@H](C)c2ccccc2)c1C. The van der Waals surface area contributed by atoms with E-state index in [1.165, 1.54) is 0 Å². The van der Waals surface area contributed by atoms with Gasteiger partial charge < -0.3 is 0 Å². The molecule has 0 spiro atoms. The molecule has 2 aromatic carbocycles. The second-order valence-corrected chi connectivity index (χ2v) is 7.49. The molecule has 2 rings (SSSR count). The molecule has 0 radical (unpaired) electrons. The van der Waals surface area contributed by atoms with Crippen molar-refractivity contribution in [1.29, 1.82) is 0 Å². The summed E-state index contributed by atoms with van der Waals surface area (Å²) in [6.07, 6.45) is 0. The second-order valence-electron chi connectivity index (χ2n) is 5.84. The van der Waals surface area contributed by atoms with E-state index in [-0.39, 0.29) is 6.04 Å². The van der Waals surface area contributed by atoms with Gasteiger partial charge in [-0.1, -0.05) is 36.4 Å². The highest BCUT2D eigenvalue weighted by Gasteiger charge is 2.24. The van der Waals surface area contributed by atoms with E-state index in [4.69, 9.17) is 0 Å². The van der Waals surface area contributed by atoms with Crippen LogP contribution in [-0.4, -0.2) is 8.42 Å². The molecule has 1 N–H and O–H groups in total. The molecule has 0 fully saturated rings. The molecule has 0 amide bonds. The Kier molecular flexibility index (Phi) is 4.73. The van der Waals surface area contributed by atoms with Gasteiger partial charge in [-0.25, -0.2) is 13.1 Å². The highest BCUT2D eigenvalue weighted by Crippen LogP contribution is 2.27. The highest BCUT2D eigenvalue weighted by molar-refractivity contribution is 7.89. The smallest absolute Gasteiger partial charge is 0.207 e. The lowest BCUT2D eigenvalue weighted by atomic mass is 10.0. The largest absolute Gasteiger partial charge is 0.241 e. The molecule has 0 bridgehead atoms. The van der Waals surface area contributed by atoms with Crippen LogP contribution in [-0.2, 0) is 10.0 Å². The number of nitrogens with one attached hydrogen (secondary N) is 1. The molecule has 0 unspecified atom stereocenters. The third kappa shape index (κ3) is 3.23. The highest BCUT2D eigenvalue weighted by atomic mass is 32.2. The Bertz CT molecular complexity index is 754. The molecule has 4 heteroatoms. The zero-order valence-electron chi connectivity index (χ0n) is 13.8. The maximum atomic E-state index is 12.9. The first-order valence-electron chi connectivity index (χ1n) is 7.38. The second kappa shape index (κ2) is 6.23. The molecule has 0 heterocycles. The molecular weight excluding hydrogens is 294 g/mol. The lowest BCUT2D eigenvalue weighted by molar-refractivity contribution is 0.565. The molecule has 2 aromatic rings. The molecule has 22 heavy (non-hydrogen) atoms. The Hall–Kier alpha value is -1.65. The van der Waals surface area contributed by atoms with Gasteiger partial charge in [0.1, 0.15) is 0 Å². The van der Waals surface area contributed by atoms with Crippen LogP contribution in [0.2, 0.25) is 0 Å². The van der Waals surface area contributed by atoms with Crippen LogP contribution < -0.4 is 4.72 Å². The third-order valence-corrected chi connectivity index (χ3v) is 6.01. The molecule has 0 aromatic heterocycles. The van der Waals surface area contributed by atoms with E-state index in [1.807, 2.05) is 71.0 Å². The lowest BCUT2D eigenvalue weighted by Crippen LogP contribution is -2.28. The van der Waals surface area contributed by atoms with Crippen LogP contribution in [0.4, 0.5) is 0 Å². The molecule has 118 valence electrons. The first-order valence-corrected chi connectivity index (χ1v) is 8.87. The molecular formula is C18H23NO2S. The normalized spacial score (nSPS) is 13.1. The molecule has 0 saturated heterocycles. The summed E-state index contributed by atoms with van der Waals surface area (Å²) >= 11 is 0. The molecule has 3 nitrogen and oxygen atoms in total. The molecule has 0 aliphatic heterocycles. The molecule has 0 saturated carbocycles. The minimum absolute atomic E-state index is 0.272. The van der Waals surface area contributed by atoms with Crippen molar-refractivity contribution < 1.29 is 8.42 Å². The fraction of sp³-hybridized carbons (Fsp3) is 0.333. The fourth-order valence-electron chi connectivity index (χ4n) is 2.69. The van der Waals surface area contributed by atoms with Gasteiger partial charge in [0.25, 0.3) is 0 Å². The van der Waals surface area contributed by atoms with Crippen molar-refractivity contribution in [2.24, 2.45) is 0 Å². The Labute approximate surface area is 133 Å². The van der Waals surface area contributed by atoms with E-state index in [0.717, 1.165) is 27.8 Å². The molecule has 1 atom stereocenters. The van der Waals surface area contributed by atoms with Gasteiger partial charge in [0.05, 0.1) is 4.90 Å². The van der Waals surface area contributed by atoms with Crippen molar-refractivity contribution in [3.05, 3.63) is 64.2 Å². The summed E-state index contributed by atoms with van der Waals surface area (Å²) in [5.41, 5.74) is 4.57. The van der Waals surface area contributed by atoms with Crippen molar-refractivity contribution in [2.45, 2.75) is 45.6 Å². The average Bonchev–Trinajstić information content (AvgIpc) is 2.45. The minimum atomic E-state index is -3.56. The predicted octanol–water partition coefficient (Wildman–Crippen LogP) is 3.96. The van der Waals surface area contributed by atoms with E-state index in [2.05, 4.69) is 4.72 Å². The molecule has 0 aliphatic rings. The van der Waals surface area contributed by atoms with Crippen molar-refractivity contribution in [3.8, 4) is 0 Å². The average molecular weight is 317 g/mol. The van der Waals surface area contributed by atoms with Crippen LogP contribution in [0.15, 0.2) is 41.3 Å². The predicted molar refractivity (Wildman–Crippen MR) is 90.6 cm³/mol. The van der Waals surface area contributed by atoms with Crippen molar-refractivity contribution in [1.82, 2.24) is 4.72 Å². The van der Waals surface area contributed by atoms with E-state index in [1.54, 1.807) is 0 Å². The van der Waals surface area contributed by atoms with Crippen LogP contribution in [0.25, 0.3) is 0 Å². The van der Waals surface area contributed by atoms with Crippen LogP contribution in [0.3, 0.4) is 0 Å². The number of aryl methyl sites for hydroxylation is 2. The number of sulfonamides is 1. The van der Waals surface area contributed by atoms with Gasteiger partial charge in [0.15, 0.2) is 0 Å². The standard InChI is InChI=1S/C18H23NO2S/c1-12-11-13(2)15(4)18(14(12)3)22(20,21)19-16(5)17-9-7-6-8-10-17/h6-11,16,19H,1-5H3/t16-/m0/s1. The van der Waals surface area contributed by atoms with Gasteiger partial charge in [0.2, 0.25) is 10.0 Å². The van der Waals surface area contributed by atoms with Crippen LogP contribution in [0.1, 0.15) is 40.8 Å². The summed E-state index contributed by atoms with van der Waals surface area (Å²) in [6.45, 7) is 9.48. The summed E-state index contributed by atoms with van der Waals surface area (Å²) in [4.78, 5) is 0.410. The van der Waals surface area contributed by atoms with Crippen LogP contribution in [0, 0.1) is 27.7 Å². The number of hydrogen-bond donors (Lipinski definition) is 1. The minimum Gasteiger partial charge on any atom is -0.207 e. The summed E-state index contributed by atoms with van der Waals surface area (Å²) < 4.78 is 28.5. The topological polar surface area (TPSA) is 46.2 Å². The lowest BCUT2D eigenvalue weighted by Gasteiger charge is -2.19. The van der Waals surface area contributed by atoms with Gasteiger partial charge in [0, 0.05) is 6.04 Å². The van der Waals surface area contributed by atoms with Gasteiger partial charge >= 0.3 is 0 Å². The van der Waals surface area contributed by atoms with Gasteiger partial charge in [-0.3, -0.25) is 0 Å². The van der Waals surface area contributed by atoms with Crippen LogP contribution in [0.5, 0.6) is 0 Å². The number of hydrogen-bond acceptors (Lipinski definition) is 2. The Morgan fingerprint density at radius 3 is 1.91 bits per heavy atom. The first kappa shape index (κ1) is 16.7. The van der Waals surface area contributed by atoms with E-state index in [0.29, 0.717) is 4.90 Å². The summed E-state index contributed by atoms with van der Waals surface area (Å²) in [5, 5.41) is 0. The van der Waals surface area contributed by atoms with Crippen LogP contribution >= 0.6 is 0 Å². The number of rotatable bonds is 4. The van der Waals surface area contributed by atoms with E-state index < -0.39 is 10.0 Å². The monoisotopic (exact) mass is 317 g/mol. The van der Waals surface area contributed by atoms with E-state index in [9.17, 15) is 8.42 Å². The zero-order chi connectivity index (χ0) is 16.5. The maximum absolute atomic E-state index is 12.9. The molecule has 0 aliphatic carbocycles.